The van der Waals surface area contributed by atoms with Gasteiger partial charge < -0.3 is 9.88 Å². The van der Waals surface area contributed by atoms with Gasteiger partial charge in [-0.15, -0.1) is 16.8 Å². The number of rotatable bonds is 9. The number of benzene rings is 2. The highest BCUT2D eigenvalue weighted by Gasteiger charge is 2.14. The van der Waals surface area contributed by atoms with Crippen molar-refractivity contribution >= 4 is 35.0 Å². The van der Waals surface area contributed by atoms with Gasteiger partial charge in [-0.05, 0) is 30.2 Å². The summed E-state index contributed by atoms with van der Waals surface area (Å²) in [4.78, 5) is 12.2. The molecule has 0 fully saturated rings. The van der Waals surface area contributed by atoms with Gasteiger partial charge in [-0.3, -0.25) is 4.79 Å². The number of hydrogen-bond acceptors (Lipinski definition) is 4. The van der Waals surface area contributed by atoms with Crippen LogP contribution < -0.4 is 5.32 Å². The van der Waals surface area contributed by atoms with Crippen molar-refractivity contribution in [1.29, 1.82) is 0 Å². The number of amides is 1. The van der Waals surface area contributed by atoms with Crippen LogP contribution in [-0.2, 0) is 24.2 Å². The first-order valence-corrected chi connectivity index (χ1v) is 10.4. The molecule has 0 atom stereocenters. The highest BCUT2D eigenvalue weighted by atomic mass is 35.5. The van der Waals surface area contributed by atoms with Crippen molar-refractivity contribution in [3.05, 3.63) is 83.4 Å². The first-order valence-electron chi connectivity index (χ1n) is 9.01. The summed E-state index contributed by atoms with van der Waals surface area (Å²) in [5, 5.41) is 11.8. The van der Waals surface area contributed by atoms with E-state index in [4.69, 9.17) is 11.6 Å². The van der Waals surface area contributed by atoms with Crippen molar-refractivity contribution < 1.29 is 9.18 Å². The minimum absolute atomic E-state index is 0.0377. The van der Waals surface area contributed by atoms with E-state index in [0.717, 1.165) is 18.7 Å². The molecule has 0 unspecified atom stereocenters. The molecule has 0 aliphatic rings. The summed E-state index contributed by atoms with van der Waals surface area (Å²) < 4.78 is 15.2. The molecule has 0 radical (unpaired) electrons. The number of carbonyl (C=O) groups excluding carboxylic acids is 1. The van der Waals surface area contributed by atoms with Gasteiger partial charge in [-0.2, -0.15) is 0 Å². The molecule has 29 heavy (non-hydrogen) atoms. The summed E-state index contributed by atoms with van der Waals surface area (Å²) in [7, 11) is 0. The van der Waals surface area contributed by atoms with E-state index in [-0.39, 0.29) is 16.7 Å². The molecule has 1 aromatic heterocycles. The monoisotopic (exact) mass is 430 g/mol. The summed E-state index contributed by atoms with van der Waals surface area (Å²) in [6, 6.07) is 14.2. The smallest absolute Gasteiger partial charge is 0.234 e. The highest BCUT2D eigenvalue weighted by molar-refractivity contribution is 7.99. The Morgan fingerprint density at radius 2 is 2.00 bits per heavy atom. The van der Waals surface area contributed by atoms with Crippen LogP contribution in [0.5, 0.6) is 0 Å². The molecule has 3 aromatic rings. The van der Waals surface area contributed by atoms with Crippen LogP contribution in [0.2, 0.25) is 5.02 Å². The lowest BCUT2D eigenvalue weighted by molar-refractivity contribution is -0.113. The van der Waals surface area contributed by atoms with Crippen LogP contribution in [0.3, 0.4) is 0 Å². The average molecular weight is 431 g/mol. The third kappa shape index (κ3) is 5.92. The topological polar surface area (TPSA) is 59.8 Å². The second-order valence-electron chi connectivity index (χ2n) is 6.25. The minimum Gasteiger partial charge on any atom is -0.325 e. The standard InChI is InChI=1S/C21H20ClFN4OS/c1-2-12-27-19(11-8-15-6-4-3-5-7-15)25-26-21(27)29-14-20(28)24-16-9-10-18(23)17(22)13-16/h2-7,9-10,13H,1,8,11-12,14H2,(H,24,28). The van der Waals surface area contributed by atoms with Crippen LogP contribution >= 0.6 is 23.4 Å². The fraction of sp³-hybridized carbons (Fsp3) is 0.190. The largest absolute Gasteiger partial charge is 0.325 e. The molecule has 0 saturated carbocycles. The van der Waals surface area contributed by atoms with E-state index in [1.807, 2.05) is 22.8 Å². The number of thioether (sulfide) groups is 1. The molecule has 0 spiro atoms. The zero-order valence-corrected chi connectivity index (χ0v) is 17.2. The summed E-state index contributed by atoms with van der Waals surface area (Å²) in [6.45, 7) is 4.36. The number of nitrogens with one attached hydrogen (secondary N) is 1. The SMILES string of the molecule is C=CCn1c(CCc2ccccc2)nnc1SCC(=O)Nc1ccc(F)c(Cl)c1. The van der Waals surface area contributed by atoms with Gasteiger partial charge in [-0.1, -0.05) is 59.8 Å². The molecular weight excluding hydrogens is 411 g/mol. The van der Waals surface area contributed by atoms with Crippen molar-refractivity contribution in [3.63, 3.8) is 0 Å². The van der Waals surface area contributed by atoms with Gasteiger partial charge in [0.2, 0.25) is 5.91 Å². The lowest BCUT2D eigenvalue weighted by Gasteiger charge is -2.08. The van der Waals surface area contributed by atoms with Gasteiger partial charge in [0.15, 0.2) is 5.16 Å². The van der Waals surface area contributed by atoms with E-state index in [9.17, 15) is 9.18 Å². The predicted molar refractivity (Wildman–Crippen MR) is 115 cm³/mol. The Labute approximate surface area is 178 Å². The third-order valence-electron chi connectivity index (χ3n) is 4.12. The Bertz CT molecular complexity index is 994. The van der Waals surface area contributed by atoms with Crippen LogP contribution in [0.15, 0.2) is 66.3 Å². The van der Waals surface area contributed by atoms with E-state index in [1.54, 1.807) is 6.08 Å². The van der Waals surface area contributed by atoms with Crippen molar-refractivity contribution in [2.45, 2.75) is 24.5 Å². The van der Waals surface area contributed by atoms with E-state index in [0.29, 0.717) is 17.4 Å². The molecule has 1 amide bonds. The fourth-order valence-corrected chi connectivity index (χ4v) is 3.67. The van der Waals surface area contributed by atoms with Gasteiger partial charge in [0.1, 0.15) is 11.6 Å². The summed E-state index contributed by atoms with van der Waals surface area (Å²) >= 11 is 7.03. The first-order chi connectivity index (χ1) is 14.1. The Hall–Kier alpha value is -2.64. The molecule has 150 valence electrons. The summed E-state index contributed by atoms with van der Waals surface area (Å²) in [5.74, 6) is 0.224. The zero-order valence-electron chi connectivity index (χ0n) is 15.6. The van der Waals surface area contributed by atoms with E-state index in [1.165, 1.54) is 35.5 Å². The Morgan fingerprint density at radius 3 is 2.72 bits per heavy atom. The quantitative estimate of drug-likeness (QED) is 0.392. The van der Waals surface area contributed by atoms with Crippen LogP contribution in [-0.4, -0.2) is 26.4 Å². The highest BCUT2D eigenvalue weighted by Crippen LogP contribution is 2.21. The number of allylic oxidation sites excluding steroid dienone is 1. The predicted octanol–water partition coefficient (Wildman–Crippen LogP) is 4.77. The van der Waals surface area contributed by atoms with Gasteiger partial charge >= 0.3 is 0 Å². The fourth-order valence-electron chi connectivity index (χ4n) is 2.73. The molecule has 2 aromatic carbocycles. The molecule has 3 rings (SSSR count). The molecule has 0 aliphatic carbocycles. The molecule has 5 nitrogen and oxygen atoms in total. The van der Waals surface area contributed by atoms with Gasteiger partial charge in [0, 0.05) is 18.7 Å². The van der Waals surface area contributed by atoms with E-state index < -0.39 is 5.82 Å². The number of carbonyl (C=O) groups is 1. The van der Waals surface area contributed by atoms with Crippen LogP contribution in [0.1, 0.15) is 11.4 Å². The van der Waals surface area contributed by atoms with Gasteiger partial charge in [0.25, 0.3) is 0 Å². The van der Waals surface area contributed by atoms with Crippen molar-refractivity contribution in [1.82, 2.24) is 14.8 Å². The second-order valence-corrected chi connectivity index (χ2v) is 7.60. The number of aryl methyl sites for hydroxylation is 2. The number of nitrogens with zero attached hydrogens (tertiary/aromatic N) is 3. The molecule has 1 N–H and O–H groups in total. The maximum atomic E-state index is 13.2. The maximum Gasteiger partial charge on any atom is 0.234 e. The van der Waals surface area contributed by atoms with Crippen molar-refractivity contribution in [2.24, 2.45) is 0 Å². The first kappa shape index (κ1) is 21.1. The van der Waals surface area contributed by atoms with Crippen molar-refractivity contribution in [2.75, 3.05) is 11.1 Å². The molecule has 8 heteroatoms. The molecule has 0 bridgehead atoms. The second kappa shape index (κ2) is 10.2. The lowest BCUT2D eigenvalue weighted by atomic mass is 10.1. The molecule has 0 saturated heterocycles. The van der Waals surface area contributed by atoms with Crippen molar-refractivity contribution in [3.8, 4) is 0 Å². The Morgan fingerprint density at radius 1 is 1.21 bits per heavy atom. The average Bonchev–Trinajstić information content (AvgIpc) is 3.10. The van der Waals surface area contributed by atoms with Crippen LogP contribution in [0, 0.1) is 5.82 Å². The summed E-state index contributed by atoms with van der Waals surface area (Å²) in [5.41, 5.74) is 1.67. The van der Waals surface area contributed by atoms with E-state index >= 15 is 0 Å². The summed E-state index contributed by atoms with van der Waals surface area (Å²) in [6.07, 6.45) is 3.37. The van der Waals surface area contributed by atoms with Crippen LogP contribution in [0.25, 0.3) is 0 Å². The van der Waals surface area contributed by atoms with Gasteiger partial charge in [0.05, 0.1) is 10.8 Å². The van der Waals surface area contributed by atoms with Crippen LogP contribution in [0.4, 0.5) is 10.1 Å². The number of anilines is 1. The minimum atomic E-state index is -0.528. The normalized spacial score (nSPS) is 10.7. The molecule has 1 heterocycles. The lowest BCUT2D eigenvalue weighted by Crippen LogP contribution is -2.15. The number of halogens is 2. The third-order valence-corrected chi connectivity index (χ3v) is 5.38. The Balaban J connectivity index is 1.60. The Kier molecular flexibility index (Phi) is 7.43. The zero-order chi connectivity index (χ0) is 20.6. The maximum absolute atomic E-state index is 13.2. The number of aromatic nitrogens is 3. The van der Waals surface area contributed by atoms with Gasteiger partial charge in [-0.25, -0.2) is 4.39 Å². The molecule has 0 aliphatic heterocycles. The van der Waals surface area contributed by atoms with E-state index in [2.05, 4.69) is 34.2 Å². The molecular formula is C21H20ClFN4OS. The number of hydrogen-bond donors (Lipinski definition) is 1.